The van der Waals surface area contributed by atoms with Crippen molar-refractivity contribution in [2.75, 3.05) is 27.2 Å². The molecule has 0 spiro atoms. The van der Waals surface area contributed by atoms with E-state index in [-0.39, 0.29) is 30.5 Å². The van der Waals surface area contributed by atoms with E-state index in [2.05, 4.69) is 4.98 Å². The largest absolute Gasteiger partial charge is 0.384 e. The number of halogens is 1. The van der Waals surface area contributed by atoms with Crippen molar-refractivity contribution in [1.82, 2.24) is 13.6 Å². The van der Waals surface area contributed by atoms with Crippen LogP contribution in [0.25, 0.3) is 0 Å². The zero-order chi connectivity index (χ0) is 16.8. The van der Waals surface area contributed by atoms with Gasteiger partial charge in [0.15, 0.2) is 0 Å². The normalized spacial score (nSPS) is 32.2. The molecule has 6 nitrogen and oxygen atoms in total. The van der Waals surface area contributed by atoms with Crippen molar-refractivity contribution in [2.45, 2.75) is 24.9 Å². The van der Waals surface area contributed by atoms with Crippen LogP contribution in [-0.2, 0) is 15.8 Å². The molecule has 1 aromatic heterocycles. The molecule has 0 amide bonds. The number of rotatable bonds is 3. The van der Waals surface area contributed by atoms with Gasteiger partial charge < -0.3 is 5.11 Å². The Bertz CT molecular complexity index is 681. The minimum absolute atomic E-state index is 0.191. The van der Waals surface area contributed by atoms with E-state index in [0.717, 1.165) is 6.42 Å². The van der Waals surface area contributed by atoms with Crippen LogP contribution in [0.1, 0.15) is 24.8 Å². The van der Waals surface area contributed by atoms with E-state index < -0.39 is 21.8 Å². The summed E-state index contributed by atoms with van der Waals surface area (Å²) in [6, 6.07) is 3.17. The van der Waals surface area contributed by atoms with Gasteiger partial charge in [0, 0.05) is 50.8 Å². The number of nitrogens with zero attached hydrogens (tertiary/aromatic N) is 3. The zero-order valence-electron chi connectivity index (χ0n) is 13.3. The van der Waals surface area contributed by atoms with Gasteiger partial charge in [-0.25, -0.2) is 4.98 Å². The summed E-state index contributed by atoms with van der Waals surface area (Å²) < 4.78 is 41.6. The molecule has 1 saturated heterocycles. The van der Waals surface area contributed by atoms with Crippen LogP contribution in [0, 0.1) is 17.8 Å². The fraction of sp³-hybridized carbons (Fsp3) is 0.667. The van der Waals surface area contributed by atoms with E-state index >= 15 is 0 Å². The molecule has 128 valence electrons. The second kappa shape index (κ2) is 5.77. The van der Waals surface area contributed by atoms with Gasteiger partial charge in [0.05, 0.1) is 0 Å². The highest BCUT2D eigenvalue weighted by atomic mass is 32.2. The molecule has 2 fully saturated rings. The van der Waals surface area contributed by atoms with Gasteiger partial charge in [0.25, 0.3) is 10.2 Å². The average Bonchev–Trinajstić information content (AvgIpc) is 2.46. The van der Waals surface area contributed by atoms with Crippen LogP contribution in [0.2, 0.25) is 0 Å². The molecule has 0 aromatic carbocycles. The highest BCUT2D eigenvalue weighted by Crippen LogP contribution is 2.50. The third-order valence-corrected chi connectivity index (χ3v) is 7.05. The molecule has 1 aliphatic heterocycles. The standard InChI is InChI=1S/C15H22FN3O3S/c1-18(2)23(21,22)19-9-11-5-3-6-12(10-19)15(11,20)13-7-4-8-17-14(13)16/h4,7-8,11-12,20H,3,5-6,9-10H2,1-2H3/t11-,12-/m1/s1. The maximum absolute atomic E-state index is 14.2. The molecule has 2 atom stereocenters. The Morgan fingerprint density at radius 3 is 2.48 bits per heavy atom. The minimum atomic E-state index is -3.54. The number of hydrogen-bond donors (Lipinski definition) is 1. The van der Waals surface area contributed by atoms with Crippen molar-refractivity contribution in [2.24, 2.45) is 11.8 Å². The Morgan fingerprint density at radius 1 is 1.35 bits per heavy atom. The maximum atomic E-state index is 14.2. The molecule has 0 radical (unpaired) electrons. The van der Waals surface area contributed by atoms with Gasteiger partial charge in [-0.2, -0.15) is 21.4 Å². The Balaban J connectivity index is 1.99. The highest BCUT2D eigenvalue weighted by Gasteiger charge is 2.54. The first-order valence-corrected chi connectivity index (χ1v) is 9.18. The van der Waals surface area contributed by atoms with E-state index in [1.54, 1.807) is 12.1 Å². The van der Waals surface area contributed by atoms with Crippen molar-refractivity contribution in [3.63, 3.8) is 0 Å². The first-order chi connectivity index (χ1) is 10.8. The van der Waals surface area contributed by atoms with Gasteiger partial charge in [0.1, 0.15) is 5.60 Å². The molecular formula is C15H22FN3O3S. The van der Waals surface area contributed by atoms with Crippen LogP contribution in [0.3, 0.4) is 0 Å². The summed E-state index contributed by atoms with van der Waals surface area (Å²) in [5.41, 5.74) is -1.16. The van der Waals surface area contributed by atoms with Crippen LogP contribution in [0.4, 0.5) is 4.39 Å². The number of pyridine rings is 1. The Kier molecular flexibility index (Phi) is 4.20. The summed E-state index contributed by atoms with van der Waals surface area (Å²) in [6.45, 7) is 0.393. The molecule has 1 saturated carbocycles. The third-order valence-electron chi connectivity index (χ3n) is 5.18. The Morgan fingerprint density at radius 2 is 1.96 bits per heavy atom. The molecule has 1 aliphatic carbocycles. The molecule has 2 bridgehead atoms. The zero-order valence-corrected chi connectivity index (χ0v) is 14.1. The van der Waals surface area contributed by atoms with Crippen LogP contribution < -0.4 is 0 Å². The molecule has 2 heterocycles. The van der Waals surface area contributed by atoms with E-state index in [9.17, 15) is 17.9 Å². The Labute approximate surface area is 136 Å². The van der Waals surface area contributed by atoms with E-state index in [4.69, 9.17) is 0 Å². The second-order valence-corrected chi connectivity index (χ2v) is 8.74. The van der Waals surface area contributed by atoms with Gasteiger partial charge in [-0.3, -0.25) is 0 Å². The molecule has 8 heteroatoms. The van der Waals surface area contributed by atoms with Gasteiger partial charge in [0.2, 0.25) is 5.95 Å². The van der Waals surface area contributed by atoms with Crippen molar-refractivity contribution in [3.05, 3.63) is 29.8 Å². The fourth-order valence-electron chi connectivity index (χ4n) is 3.96. The lowest BCUT2D eigenvalue weighted by atomic mass is 9.63. The second-order valence-electron chi connectivity index (χ2n) is 6.60. The first-order valence-electron chi connectivity index (χ1n) is 7.79. The van der Waals surface area contributed by atoms with E-state index in [1.165, 1.54) is 28.9 Å². The Hall–Kier alpha value is -1.09. The smallest absolute Gasteiger partial charge is 0.281 e. The van der Waals surface area contributed by atoms with Crippen LogP contribution in [0.15, 0.2) is 18.3 Å². The topological polar surface area (TPSA) is 73.7 Å². The van der Waals surface area contributed by atoms with Crippen LogP contribution in [-0.4, -0.2) is 54.3 Å². The van der Waals surface area contributed by atoms with Crippen molar-refractivity contribution >= 4 is 10.2 Å². The van der Waals surface area contributed by atoms with Crippen molar-refractivity contribution < 1.29 is 17.9 Å². The lowest BCUT2D eigenvalue weighted by molar-refractivity contribution is -0.136. The molecule has 0 unspecified atom stereocenters. The average molecular weight is 343 g/mol. The SMILES string of the molecule is CN(C)S(=O)(=O)N1C[C@H]2CCC[C@H](C1)C2(O)c1cccnc1F. The van der Waals surface area contributed by atoms with Crippen LogP contribution in [0.5, 0.6) is 0 Å². The summed E-state index contributed by atoms with van der Waals surface area (Å²) >= 11 is 0. The van der Waals surface area contributed by atoms with Crippen molar-refractivity contribution in [1.29, 1.82) is 0 Å². The fourth-order valence-corrected chi connectivity index (χ4v) is 5.15. The summed E-state index contributed by atoms with van der Waals surface area (Å²) in [4.78, 5) is 3.66. The first kappa shape index (κ1) is 16.8. The molecule has 2 aliphatic rings. The van der Waals surface area contributed by atoms with E-state index in [0.29, 0.717) is 12.8 Å². The number of hydrogen-bond acceptors (Lipinski definition) is 4. The lowest BCUT2D eigenvalue weighted by Gasteiger charge is -2.52. The predicted octanol–water partition coefficient (Wildman–Crippen LogP) is 0.947. The molecule has 1 N–H and O–H groups in total. The number of aliphatic hydroxyl groups is 1. The third kappa shape index (κ3) is 2.57. The summed E-state index contributed by atoms with van der Waals surface area (Å²) in [5, 5.41) is 11.3. The summed E-state index contributed by atoms with van der Waals surface area (Å²) in [6.07, 6.45) is 3.60. The predicted molar refractivity (Wildman–Crippen MR) is 83.1 cm³/mol. The number of piperidine rings is 1. The van der Waals surface area contributed by atoms with Gasteiger partial charge in [-0.15, -0.1) is 0 Å². The molecule has 1 aromatic rings. The minimum Gasteiger partial charge on any atom is -0.384 e. The maximum Gasteiger partial charge on any atom is 0.281 e. The van der Waals surface area contributed by atoms with Gasteiger partial charge in [-0.1, -0.05) is 12.5 Å². The lowest BCUT2D eigenvalue weighted by Crippen LogP contribution is -2.60. The molecule has 3 rings (SSSR count). The van der Waals surface area contributed by atoms with Gasteiger partial charge in [-0.05, 0) is 18.9 Å². The number of fused-ring (bicyclic) bond motifs is 2. The van der Waals surface area contributed by atoms with E-state index in [1.807, 2.05) is 0 Å². The monoisotopic (exact) mass is 343 g/mol. The molecule has 23 heavy (non-hydrogen) atoms. The summed E-state index contributed by atoms with van der Waals surface area (Å²) in [7, 11) is -0.553. The molecular weight excluding hydrogens is 321 g/mol. The quantitative estimate of drug-likeness (QED) is 0.829. The van der Waals surface area contributed by atoms with Gasteiger partial charge >= 0.3 is 0 Å². The highest BCUT2D eigenvalue weighted by molar-refractivity contribution is 7.86. The van der Waals surface area contributed by atoms with Crippen LogP contribution >= 0.6 is 0 Å². The number of aromatic nitrogens is 1. The van der Waals surface area contributed by atoms with Crippen molar-refractivity contribution in [3.8, 4) is 0 Å². The summed E-state index contributed by atoms with van der Waals surface area (Å²) in [5.74, 6) is -1.33.